The Morgan fingerprint density at radius 3 is 2.89 bits per heavy atom. The molecule has 0 saturated carbocycles. The molecule has 1 aromatic carbocycles. The number of fused-ring (bicyclic) bond motifs is 1. The molecule has 6 nitrogen and oxygen atoms in total. The summed E-state index contributed by atoms with van der Waals surface area (Å²) < 4.78 is 10.4. The van der Waals surface area contributed by atoms with Gasteiger partial charge in [-0.3, -0.25) is 4.79 Å². The molecule has 7 heteroatoms. The number of benzene rings is 1. The molecule has 0 aromatic heterocycles. The van der Waals surface area contributed by atoms with Gasteiger partial charge < -0.3 is 19.5 Å². The standard InChI is InChI=1S/C12H11NO5S/c14-11(13-5-19-4-8(13)12(15)16)7-1-2-9-10(3-7)18-6-17-9/h1-3,8H,4-6H2,(H,15,16)/t8-/m0/s1. The Bertz CT molecular complexity index is 547. The summed E-state index contributed by atoms with van der Waals surface area (Å²) in [5.74, 6) is 0.664. The minimum absolute atomic E-state index is 0.143. The first-order valence-corrected chi connectivity index (χ1v) is 6.83. The molecule has 0 unspecified atom stereocenters. The molecule has 2 aliphatic heterocycles. The Morgan fingerprint density at radius 2 is 2.11 bits per heavy atom. The maximum absolute atomic E-state index is 12.3. The maximum atomic E-state index is 12.3. The molecule has 1 saturated heterocycles. The van der Waals surface area contributed by atoms with Crippen LogP contribution in [0.3, 0.4) is 0 Å². The summed E-state index contributed by atoms with van der Waals surface area (Å²) in [5.41, 5.74) is 0.415. The number of carbonyl (C=O) groups excluding carboxylic acids is 1. The van der Waals surface area contributed by atoms with Gasteiger partial charge in [0.05, 0.1) is 5.88 Å². The summed E-state index contributed by atoms with van der Waals surface area (Å²) in [6.07, 6.45) is 0. The van der Waals surface area contributed by atoms with Crippen LogP contribution in [-0.4, -0.2) is 46.3 Å². The van der Waals surface area contributed by atoms with Gasteiger partial charge in [0.15, 0.2) is 11.5 Å². The average Bonchev–Trinajstić information content (AvgIpc) is 3.05. The smallest absolute Gasteiger partial charge is 0.327 e. The van der Waals surface area contributed by atoms with E-state index >= 15 is 0 Å². The van der Waals surface area contributed by atoms with Crippen LogP contribution in [0.15, 0.2) is 18.2 Å². The fourth-order valence-corrected chi connectivity index (χ4v) is 3.19. The number of aliphatic carboxylic acids is 1. The lowest BCUT2D eigenvalue weighted by Crippen LogP contribution is -2.41. The number of hydrogen-bond donors (Lipinski definition) is 1. The van der Waals surface area contributed by atoms with E-state index in [1.165, 1.54) is 16.7 Å². The van der Waals surface area contributed by atoms with Crippen LogP contribution in [0.5, 0.6) is 11.5 Å². The molecule has 0 bridgehead atoms. The van der Waals surface area contributed by atoms with Crippen LogP contribution in [0.2, 0.25) is 0 Å². The Labute approximate surface area is 113 Å². The van der Waals surface area contributed by atoms with E-state index in [4.69, 9.17) is 14.6 Å². The van der Waals surface area contributed by atoms with Crippen LogP contribution in [-0.2, 0) is 4.79 Å². The Balaban J connectivity index is 1.85. The molecule has 2 aliphatic rings. The highest BCUT2D eigenvalue weighted by atomic mass is 32.2. The molecule has 1 atom stereocenters. The molecule has 1 N–H and O–H groups in total. The molecular weight excluding hydrogens is 270 g/mol. The topological polar surface area (TPSA) is 76.1 Å². The number of amides is 1. The van der Waals surface area contributed by atoms with Crippen molar-refractivity contribution in [2.24, 2.45) is 0 Å². The first-order chi connectivity index (χ1) is 9.16. The zero-order chi connectivity index (χ0) is 13.4. The molecule has 19 heavy (non-hydrogen) atoms. The second-order valence-electron chi connectivity index (χ2n) is 4.20. The lowest BCUT2D eigenvalue weighted by molar-refractivity contribution is -0.140. The van der Waals surface area contributed by atoms with Gasteiger partial charge in [-0.25, -0.2) is 4.79 Å². The van der Waals surface area contributed by atoms with Crippen LogP contribution < -0.4 is 9.47 Å². The van der Waals surface area contributed by atoms with Crippen molar-refractivity contribution in [1.82, 2.24) is 4.90 Å². The van der Waals surface area contributed by atoms with Crippen molar-refractivity contribution in [3.05, 3.63) is 23.8 Å². The maximum Gasteiger partial charge on any atom is 0.327 e. The van der Waals surface area contributed by atoms with Crippen molar-refractivity contribution >= 4 is 23.6 Å². The quantitative estimate of drug-likeness (QED) is 0.872. The number of rotatable bonds is 2. The summed E-state index contributed by atoms with van der Waals surface area (Å²) >= 11 is 1.44. The number of carboxylic acid groups (broad SMARTS) is 1. The Kier molecular flexibility index (Phi) is 2.98. The van der Waals surface area contributed by atoms with Crippen LogP contribution in [0, 0.1) is 0 Å². The highest BCUT2D eigenvalue weighted by Gasteiger charge is 2.35. The molecule has 3 rings (SSSR count). The number of ether oxygens (including phenoxy) is 2. The minimum atomic E-state index is -0.973. The highest BCUT2D eigenvalue weighted by Crippen LogP contribution is 2.33. The summed E-state index contributed by atoms with van der Waals surface area (Å²) in [5, 5.41) is 9.08. The van der Waals surface area contributed by atoms with Crippen molar-refractivity contribution in [2.45, 2.75) is 6.04 Å². The molecule has 0 radical (unpaired) electrons. The van der Waals surface area contributed by atoms with Crippen LogP contribution >= 0.6 is 11.8 Å². The zero-order valence-electron chi connectivity index (χ0n) is 9.87. The normalized spacial score (nSPS) is 20.6. The van der Waals surface area contributed by atoms with E-state index in [2.05, 4.69) is 0 Å². The summed E-state index contributed by atoms with van der Waals surface area (Å²) in [7, 11) is 0. The minimum Gasteiger partial charge on any atom is -0.480 e. The molecular formula is C12H11NO5S. The van der Waals surface area contributed by atoms with Gasteiger partial charge in [0, 0.05) is 11.3 Å². The SMILES string of the molecule is O=C(O)[C@@H]1CSCN1C(=O)c1ccc2c(c1)OCO2. The summed E-state index contributed by atoms with van der Waals surface area (Å²) in [6.45, 7) is 0.143. The second kappa shape index (κ2) is 4.65. The number of carboxylic acids is 1. The van der Waals surface area contributed by atoms with Crippen molar-refractivity contribution in [3.8, 4) is 11.5 Å². The predicted molar refractivity (Wildman–Crippen MR) is 67.5 cm³/mol. The second-order valence-corrected chi connectivity index (χ2v) is 5.20. The van der Waals surface area contributed by atoms with Gasteiger partial charge in [-0.15, -0.1) is 11.8 Å². The lowest BCUT2D eigenvalue weighted by Gasteiger charge is -2.20. The lowest BCUT2D eigenvalue weighted by atomic mass is 10.1. The molecule has 100 valence electrons. The van der Waals surface area contributed by atoms with Crippen LogP contribution in [0.25, 0.3) is 0 Å². The van der Waals surface area contributed by atoms with Crippen LogP contribution in [0.4, 0.5) is 0 Å². The number of thioether (sulfide) groups is 1. The van der Waals surface area contributed by atoms with E-state index in [0.29, 0.717) is 28.7 Å². The van der Waals surface area contributed by atoms with Gasteiger partial charge in [-0.1, -0.05) is 0 Å². The number of carbonyl (C=O) groups is 2. The first-order valence-electron chi connectivity index (χ1n) is 5.68. The van der Waals surface area contributed by atoms with Crippen molar-refractivity contribution in [3.63, 3.8) is 0 Å². The van der Waals surface area contributed by atoms with Crippen molar-refractivity contribution < 1.29 is 24.2 Å². The van der Waals surface area contributed by atoms with Gasteiger partial charge in [0.2, 0.25) is 6.79 Å². The van der Waals surface area contributed by atoms with E-state index < -0.39 is 12.0 Å². The van der Waals surface area contributed by atoms with Crippen molar-refractivity contribution in [1.29, 1.82) is 0 Å². The average molecular weight is 281 g/mol. The highest BCUT2D eigenvalue weighted by molar-refractivity contribution is 7.99. The molecule has 2 heterocycles. The molecule has 0 spiro atoms. The predicted octanol–water partition coefficient (Wildman–Crippen LogP) is 1.01. The number of nitrogens with zero attached hydrogens (tertiary/aromatic N) is 1. The van der Waals surface area contributed by atoms with Gasteiger partial charge in [-0.2, -0.15) is 0 Å². The first kappa shape index (κ1) is 12.2. The third-order valence-electron chi connectivity index (χ3n) is 3.05. The Hall–Kier alpha value is -1.89. The van der Waals surface area contributed by atoms with Crippen molar-refractivity contribution in [2.75, 3.05) is 18.4 Å². The van der Waals surface area contributed by atoms with Gasteiger partial charge in [0.1, 0.15) is 6.04 Å². The largest absolute Gasteiger partial charge is 0.480 e. The monoisotopic (exact) mass is 281 g/mol. The molecule has 1 aromatic rings. The van der Waals surface area contributed by atoms with E-state index in [9.17, 15) is 9.59 Å². The van der Waals surface area contributed by atoms with E-state index in [-0.39, 0.29) is 12.7 Å². The summed E-state index contributed by atoms with van der Waals surface area (Å²) in [4.78, 5) is 24.8. The fourth-order valence-electron chi connectivity index (χ4n) is 2.04. The zero-order valence-corrected chi connectivity index (χ0v) is 10.7. The molecule has 1 amide bonds. The van der Waals surface area contributed by atoms with Gasteiger partial charge in [0.25, 0.3) is 5.91 Å². The summed E-state index contributed by atoms with van der Waals surface area (Å²) in [6, 6.07) is 4.11. The van der Waals surface area contributed by atoms with E-state index in [1.807, 2.05) is 0 Å². The van der Waals surface area contributed by atoms with Gasteiger partial charge >= 0.3 is 5.97 Å². The fraction of sp³-hybridized carbons (Fsp3) is 0.333. The molecule has 1 fully saturated rings. The third kappa shape index (κ3) is 2.10. The van der Waals surface area contributed by atoms with Gasteiger partial charge in [-0.05, 0) is 18.2 Å². The van der Waals surface area contributed by atoms with E-state index in [1.54, 1.807) is 18.2 Å². The Morgan fingerprint density at radius 1 is 1.32 bits per heavy atom. The van der Waals surface area contributed by atoms with E-state index in [0.717, 1.165) is 0 Å². The molecule has 0 aliphatic carbocycles. The van der Waals surface area contributed by atoms with Crippen LogP contribution in [0.1, 0.15) is 10.4 Å². The third-order valence-corrected chi connectivity index (χ3v) is 4.06. The number of hydrogen-bond acceptors (Lipinski definition) is 5.